The van der Waals surface area contributed by atoms with E-state index in [-0.39, 0.29) is 17.4 Å². The van der Waals surface area contributed by atoms with Crippen LogP contribution in [0.2, 0.25) is 0 Å². The molecule has 0 aromatic heterocycles. The molecule has 8 nitrogen and oxygen atoms in total. The van der Waals surface area contributed by atoms with Crippen molar-refractivity contribution in [1.82, 2.24) is 0 Å². The predicted molar refractivity (Wildman–Crippen MR) is 137 cm³/mol. The molecule has 0 aliphatic carbocycles. The zero-order chi connectivity index (χ0) is 25.2. The van der Waals surface area contributed by atoms with Gasteiger partial charge >= 0.3 is 0 Å². The van der Waals surface area contributed by atoms with E-state index in [0.717, 1.165) is 45.0 Å². The Morgan fingerprint density at radius 2 is 1.08 bits per heavy atom. The molecule has 0 amide bonds. The Bertz CT molecular complexity index is 1470. The van der Waals surface area contributed by atoms with E-state index < -0.39 is 0 Å². The third-order valence-electron chi connectivity index (χ3n) is 6.10. The minimum absolute atomic E-state index is 0.121. The summed E-state index contributed by atoms with van der Waals surface area (Å²) in [5, 5.41) is 11.0. The smallest absolute Gasteiger partial charge is 0.272 e. The monoisotopic (exact) mass is 484 g/mol. The van der Waals surface area contributed by atoms with Gasteiger partial charge in [0.1, 0.15) is 0 Å². The Morgan fingerprint density at radius 3 is 1.61 bits per heavy atom. The summed E-state index contributed by atoms with van der Waals surface area (Å²) in [4.78, 5) is 10.6. The first kappa shape index (κ1) is 23.0. The Kier molecular flexibility index (Phi) is 6.08. The molecule has 2 heterocycles. The van der Waals surface area contributed by atoms with Crippen molar-refractivity contribution in [2.45, 2.75) is 13.8 Å². The van der Waals surface area contributed by atoms with Gasteiger partial charge in [-0.2, -0.15) is 0 Å². The van der Waals surface area contributed by atoms with Crippen molar-refractivity contribution in [2.75, 3.05) is 19.3 Å². The molecule has 6 rings (SSSR count). The first-order valence-corrected chi connectivity index (χ1v) is 11.3. The van der Waals surface area contributed by atoms with Crippen LogP contribution >= 0.6 is 0 Å². The quantitative estimate of drug-likeness (QED) is 0.207. The molecule has 0 fully saturated rings. The molecule has 0 saturated carbocycles. The fraction of sp³-hybridized carbons (Fsp3) is 0.143. The average Bonchev–Trinajstić information content (AvgIpc) is 3.54. The van der Waals surface area contributed by atoms with Crippen molar-refractivity contribution in [3.05, 3.63) is 94.0 Å². The molecule has 0 unspecified atom stereocenters. The summed E-state index contributed by atoms with van der Waals surface area (Å²) in [5.74, 6) is 2.96. The van der Waals surface area contributed by atoms with Gasteiger partial charge in [-0.3, -0.25) is 10.1 Å². The molecule has 0 saturated heterocycles. The van der Waals surface area contributed by atoms with Gasteiger partial charge in [0.2, 0.25) is 13.6 Å². The number of fused-ring (bicyclic) bond motifs is 2. The molecule has 0 radical (unpaired) electrons. The van der Waals surface area contributed by atoms with Crippen molar-refractivity contribution < 1.29 is 23.9 Å². The molecule has 2 N–H and O–H groups in total. The molecular formula is C28H24N2O6. The van der Waals surface area contributed by atoms with Crippen molar-refractivity contribution in [3.8, 4) is 45.3 Å². The van der Waals surface area contributed by atoms with E-state index in [1.54, 1.807) is 19.1 Å². The Morgan fingerprint density at radius 1 is 0.639 bits per heavy atom. The molecule has 182 valence electrons. The number of aryl methyl sites for hydroxylation is 2. The van der Waals surface area contributed by atoms with Crippen LogP contribution < -0.4 is 24.7 Å². The number of hydrogen-bond acceptors (Lipinski definition) is 7. The van der Waals surface area contributed by atoms with Gasteiger partial charge in [0.25, 0.3) is 5.69 Å². The van der Waals surface area contributed by atoms with Crippen LogP contribution in [-0.4, -0.2) is 18.5 Å². The SMILES string of the molecule is Cc1ccc(-c2ccc3c(c2)OCO3)cc1N.Cc1ccc(-c2ccc3c(c2)OCO3)cc1[N+](=O)[O-]. The van der Waals surface area contributed by atoms with Crippen molar-refractivity contribution in [3.63, 3.8) is 0 Å². The summed E-state index contributed by atoms with van der Waals surface area (Å²) in [5.41, 5.74) is 12.4. The van der Waals surface area contributed by atoms with E-state index in [1.807, 2.05) is 61.5 Å². The second kappa shape index (κ2) is 9.50. The molecule has 2 aliphatic rings. The van der Waals surface area contributed by atoms with E-state index >= 15 is 0 Å². The zero-order valence-electron chi connectivity index (χ0n) is 19.8. The molecule has 36 heavy (non-hydrogen) atoms. The molecule has 4 aromatic rings. The lowest BCUT2D eigenvalue weighted by Crippen LogP contribution is -1.93. The van der Waals surface area contributed by atoms with E-state index in [4.69, 9.17) is 24.7 Å². The molecule has 0 atom stereocenters. The first-order chi connectivity index (χ1) is 17.4. The maximum atomic E-state index is 11.0. The highest BCUT2D eigenvalue weighted by atomic mass is 16.7. The number of nitrogen functional groups attached to an aromatic ring is 1. The predicted octanol–water partition coefficient (Wildman–Crippen LogP) is 6.27. The van der Waals surface area contributed by atoms with E-state index in [9.17, 15) is 10.1 Å². The van der Waals surface area contributed by atoms with Gasteiger partial charge in [-0.1, -0.05) is 36.4 Å². The minimum atomic E-state index is -0.369. The summed E-state index contributed by atoms with van der Waals surface area (Å²) >= 11 is 0. The van der Waals surface area contributed by atoms with Crippen molar-refractivity contribution in [2.24, 2.45) is 0 Å². The number of rotatable bonds is 3. The maximum absolute atomic E-state index is 11.0. The number of anilines is 1. The zero-order valence-corrected chi connectivity index (χ0v) is 19.8. The van der Waals surface area contributed by atoms with E-state index in [2.05, 4.69) is 6.07 Å². The van der Waals surface area contributed by atoms with Crippen LogP contribution in [0.4, 0.5) is 11.4 Å². The molecule has 4 aromatic carbocycles. The minimum Gasteiger partial charge on any atom is -0.454 e. The standard InChI is InChI=1S/C14H11NO4.C14H13NO2/c1-9-2-3-10(6-12(9)15(16)17)11-4-5-13-14(7-11)19-8-18-13;1-9-2-3-10(6-12(9)15)11-4-5-13-14(7-11)17-8-16-13/h2-7H,8H2,1H3;2-7H,8,15H2,1H3. The lowest BCUT2D eigenvalue weighted by atomic mass is 10.0. The number of ether oxygens (including phenoxy) is 4. The largest absolute Gasteiger partial charge is 0.454 e. The van der Waals surface area contributed by atoms with Crippen LogP contribution in [0.5, 0.6) is 23.0 Å². The first-order valence-electron chi connectivity index (χ1n) is 11.3. The highest BCUT2D eigenvalue weighted by molar-refractivity contribution is 5.72. The summed E-state index contributed by atoms with van der Waals surface area (Å²) in [6.45, 7) is 4.24. The third-order valence-corrected chi connectivity index (χ3v) is 6.10. The summed E-state index contributed by atoms with van der Waals surface area (Å²) < 4.78 is 21.2. The third kappa shape index (κ3) is 4.61. The van der Waals surface area contributed by atoms with Crippen LogP contribution in [0.1, 0.15) is 11.1 Å². The normalized spacial score (nSPS) is 12.6. The van der Waals surface area contributed by atoms with E-state index in [0.29, 0.717) is 23.9 Å². The van der Waals surface area contributed by atoms with Gasteiger partial charge in [0.15, 0.2) is 23.0 Å². The Hall–Kier alpha value is -4.72. The summed E-state index contributed by atoms with van der Waals surface area (Å²) in [6, 6.07) is 22.7. The number of nitro benzene ring substituents is 1. The molecular weight excluding hydrogens is 460 g/mol. The van der Waals surface area contributed by atoms with Gasteiger partial charge in [0.05, 0.1) is 4.92 Å². The molecule has 0 bridgehead atoms. The summed E-state index contributed by atoms with van der Waals surface area (Å²) in [6.07, 6.45) is 0. The Balaban J connectivity index is 0.000000149. The number of hydrogen-bond donors (Lipinski definition) is 1. The highest BCUT2D eigenvalue weighted by Gasteiger charge is 2.17. The number of nitro groups is 1. The van der Waals surface area contributed by atoms with E-state index in [1.165, 1.54) is 0 Å². The highest BCUT2D eigenvalue weighted by Crippen LogP contribution is 2.38. The number of nitrogens with two attached hydrogens (primary N) is 1. The van der Waals surface area contributed by atoms with Crippen molar-refractivity contribution in [1.29, 1.82) is 0 Å². The van der Waals surface area contributed by atoms with Gasteiger partial charge < -0.3 is 24.7 Å². The van der Waals surface area contributed by atoms with Gasteiger partial charge in [0, 0.05) is 17.3 Å². The lowest BCUT2D eigenvalue weighted by Gasteiger charge is -2.06. The summed E-state index contributed by atoms with van der Waals surface area (Å²) in [7, 11) is 0. The van der Waals surface area contributed by atoms with Crippen LogP contribution in [0.25, 0.3) is 22.3 Å². The van der Waals surface area contributed by atoms with Crippen molar-refractivity contribution >= 4 is 11.4 Å². The topological polar surface area (TPSA) is 106 Å². The lowest BCUT2D eigenvalue weighted by molar-refractivity contribution is -0.385. The van der Waals surface area contributed by atoms with Crippen LogP contribution in [0, 0.1) is 24.0 Å². The fourth-order valence-corrected chi connectivity index (χ4v) is 3.96. The van der Waals surface area contributed by atoms with Gasteiger partial charge in [-0.15, -0.1) is 0 Å². The average molecular weight is 485 g/mol. The van der Waals surface area contributed by atoms with Crippen LogP contribution in [0.15, 0.2) is 72.8 Å². The van der Waals surface area contributed by atoms with Gasteiger partial charge in [-0.05, 0) is 72.0 Å². The van der Waals surface area contributed by atoms with Crippen LogP contribution in [-0.2, 0) is 0 Å². The fourth-order valence-electron chi connectivity index (χ4n) is 3.96. The second-order valence-corrected chi connectivity index (χ2v) is 8.47. The molecule has 0 spiro atoms. The number of benzene rings is 4. The molecule has 2 aliphatic heterocycles. The second-order valence-electron chi connectivity index (χ2n) is 8.47. The van der Waals surface area contributed by atoms with Crippen LogP contribution in [0.3, 0.4) is 0 Å². The maximum Gasteiger partial charge on any atom is 0.272 e. The van der Waals surface area contributed by atoms with Gasteiger partial charge in [-0.25, -0.2) is 0 Å². The number of nitrogens with zero attached hydrogens (tertiary/aromatic N) is 1. The Labute approximate surface area is 208 Å². The molecule has 8 heteroatoms.